The highest BCUT2D eigenvalue weighted by molar-refractivity contribution is 7.89. The van der Waals surface area contributed by atoms with Crippen LogP contribution in [0.25, 0.3) is 0 Å². The van der Waals surface area contributed by atoms with Crippen molar-refractivity contribution in [1.82, 2.24) is 14.2 Å². The fraction of sp³-hybridized carbons (Fsp3) is 0.429. The lowest BCUT2D eigenvalue weighted by atomic mass is 10.1. The van der Waals surface area contributed by atoms with Gasteiger partial charge in [0.05, 0.1) is 20.3 Å². The lowest BCUT2D eigenvalue weighted by molar-refractivity contribution is 0.0724. The minimum atomic E-state index is -3.80. The maximum Gasteiger partial charge on any atom is 0.254 e. The molecule has 1 aliphatic carbocycles. The van der Waals surface area contributed by atoms with Crippen LogP contribution in [0.2, 0.25) is 0 Å². The third-order valence-electron chi connectivity index (χ3n) is 5.35. The fourth-order valence-corrected chi connectivity index (χ4v) is 5.13. The van der Waals surface area contributed by atoms with Gasteiger partial charge in [0, 0.05) is 43.6 Å². The van der Waals surface area contributed by atoms with Gasteiger partial charge in [-0.1, -0.05) is 0 Å². The highest BCUT2D eigenvalue weighted by Gasteiger charge is 2.35. The van der Waals surface area contributed by atoms with E-state index in [2.05, 4.69) is 4.98 Å². The second-order valence-corrected chi connectivity index (χ2v) is 9.31. The van der Waals surface area contributed by atoms with Crippen molar-refractivity contribution in [2.24, 2.45) is 0 Å². The van der Waals surface area contributed by atoms with E-state index in [9.17, 15) is 13.2 Å². The summed E-state index contributed by atoms with van der Waals surface area (Å²) in [6.45, 7) is 1.71. The van der Waals surface area contributed by atoms with Gasteiger partial charge in [-0.25, -0.2) is 8.42 Å². The smallest absolute Gasteiger partial charge is 0.254 e. The molecule has 0 N–H and O–H groups in total. The van der Waals surface area contributed by atoms with Crippen LogP contribution in [0.15, 0.2) is 47.6 Å². The zero-order valence-corrected chi connectivity index (χ0v) is 17.7. The molecule has 1 saturated carbocycles. The van der Waals surface area contributed by atoms with Gasteiger partial charge in [-0.05, 0) is 48.7 Å². The van der Waals surface area contributed by atoms with Crippen molar-refractivity contribution >= 4 is 15.9 Å². The Morgan fingerprint density at radius 1 is 1.20 bits per heavy atom. The number of pyridine rings is 1. The van der Waals surface area contributed by atoms with Gasteiger partial charge in [0.25, 0.3) is 5.91 Å². The number of carbonyl (C=O) groups excluding carboxylic acids is 1. The number of amides is 1. The van der Waals surface area contributed by atoms with E-state index in [0.29, 0.717) is 25.3 Å². The van der Waals surface area contributed by atoms with Crippen LogP contribution < -0.4 is 4.74 Å². The number of sulfonamides is 1. The zero-order chi connectivity index (χ0) is 21.1. The van der Waals surface area contributed by atoms with Gasteiger partial charge in [-0.2, -0.15) is 4.31 Å². The summed E-state index contributed by atoms with van der Waals surface area (Å²) in [6.07, 6.45) is 5.30. The van der Waals surface area contributed by atoms with Crippen molar-refractivity contribution in [1.29, 1.82) is 0 Å². The van der Waals surface area contributed by atoms with E-state index in [-0.39, 0.29) is 35.7 Å². The molecule has 0 bridgehead atoms. The number of morpholine rings is 1. The van der Waals surface area contributed by atoms with Gasteiger partial charge in [0.2, 0.25) is 10.0 Å². The van der Waals surface area contributed by atoms with Crippen LogP contribution in [0, 0.1) is 0 Å². The molecule has 1 aliphatic heterocycles. The second-order valence-electron chi connectivity index (χ2n) is 7.40. The SMILES string of the molecule is COc1ccc(C(=O)N(Cc2ccncc2)C2CC2)cc1S(=O)(=O)N1CCOCC1. The molecule has 1 saturated heterocycles. The molecule has 30 heavy (non-hydrogen) atoms. The third kappa shape index (κ3) is 4.33. The van der Waals surface area contributed by atoms with Gasteiger partial charge in [0.1, 0.15) is 10.6 Å². The first-order valence-electron chi connectivity index (χ1n) is 9.96. The molecule has 2 aliphatic rings. The Labute approximate surface area is 176 Å². The van der Waals surface area contributed by atoms with E-state index in [4.69, 9.17) is 9.47 Å². The molecule has 1 aromatic heterocycles. The summed E-state index contributed by atoms with van der Waals surface area (Å²) in [5.41, 5.74) is 1.32. The van der Waals surface area contributed by atoms with Gasteiger partial charge in [-0.15, -0.1) is 0 Å². The molecular weight excluding hydrogens is 406 g/mol. The molecule has 0 radical (unpaired) electrons. The third-order valence-corrected chi connectivity index (χ3v) is 7.27. The van der Waals surface area contributed by atoms with Crippen LogP contribution >= 0.6 is 0 Å². The number of benzene rings is 1. The molecule has 0 unspecified atom stereocenters. The summed E-state index contributed by atoms with van der Waals surface area (Å²) >= 11 is 0. The Morgan fingerprint density at radius 3 is 2.53 bits per heavy atom. The van der Waals surface area contributed by atoms with Crippen LogP contribution in [0.3, 0.4) is 0 Å². The molecule has 9 heteroatoms. The number of nitrogens with zero attached hydrogens (tertiary/aromatic N) is 3. The highest BCUT2D eigenvalue weighted by atomic mass is 32.2. The monoisotopic (exact) mass is 431 g/mol. The first kappa shape index (κ1) is 20.8. The highest BCUT2D eigenvalue weighted by Crippen LogP contribution is 2.32. The molecule has 2 heterocycles. The van der Waals surface area contributed by atoms with Gasteiger partial charge in [0.15, 0.2) is 0 Å². The van der Waals surface area contributed by atoms with Crippen LogP contribution in [-0.4, -0.2) is 68.0 Å². The number of hydrogen-bond donors (Lipinski definition) is 0. The van der Waals surface area contributed by atoms with Gasteiger partial charge >= 0.3 is 0 Å². The molecule has 0 spiro atoms. The summed E-state index contributed by atoms with van der Waals surface area (Å²) in [4.78, 5) is 19.2. The Morgan fingerprint density at radius 2 is 1.90 bits per heavy atom. The number of hydrogen-bond acceptors (Lipinski definition) is 6. The van der Waals surface area contributed by atoms with E-state index in [1.165, 1.54) is 17.5 Å². The fourth-order valence-electron chi connectivity index (χ4n) is 3.54. The van der Waals surface area contributed by atoms with Crippen molar-refractivity contribution in [3.05, 3.63) is 53.9 Å². The summed E-state index contributed by atoms with van der Waals surface area (Å²) in [6, 6.07) is 8.55. The van der Waals surface area contributed by atoms with Crippen molar-refractivity contribution in [3.8, 4) is 5.75 Å². The normalized spacial score (nSPS) is 17.5. The Balaban J connectivity index is 1.65. The van der Waals surface area contributed by atoms with Crippen molar-refractivity contribution in [3.63, 3.8) is 0 Å². The predicted octanol–water partition coefficient (Wildman–Crippen LogP) is 1.92. The summed E-state index contributed by atoms with van der Waals surface area (Å²) in [5.74, 6) is 0.0422. The van der Waals surface area contributed by atoms with Crippen LogP contribution in [0.4, 0.5) is 0 Å². The van der Waals surface area contributed by atoms with Crippen LogP contribution in [-0.2, 0) is 21.3 Å². The minimum Gasteiger partial charge on any atom is -0.495 e. The Hall–Kier alpha value is -2.49. The standard InChI is InChI=1S/C21H25N3O5S/c1-28-19-5-2-17(14-20(19)30(26,27)23-10-12-29-13-11-23)21(25)24(18-3-4-18)15-16-6-8-22-9-7-16/h2,5-9,14,18H,3-4,10-13,15H2,1H3. The van der Waals surface area contributed by atoms with Gasteiger partial charge < -0.3 is 14.4 Å². The summed E-state index contributed by atoms with van der Waals surface area (Å²) < 4.78 is 38.4. The second kappa shape index (κ2) is 8.71. The summed E-state index contributed by atoms with van der Waals surface area (Å²) in [5, 5.41) is 0. The average Bonchev–Trinajstić information content (AvgIpc) is 3.63. The quantitative estimate of drug-likeness (QED) is 0.665. The first-order chi connectivity index (χ1) is 14.5. The van der Waals surface area contributed by atoms with E-state index >= 15 is 0 Å². The van der Waals surface area contributed by atoms with E-state index in [1.807, 2.05) is 17.0 Å². The van der Waals surface area contributed by atoms with E-state index in [0.717, 1.165) is 18.4 Å². The van der Waals surface area contributed by atoms with Crippen LogP contribution in [0.5, 0.6) is 5.75 Å². The number of aromatic nitrogens is 1. The van der Waals surface area contributed by atoms with Crippen LogP contribution in [0.1, 0.15) is 28.8 Å². The molecule has 8 nitrogen and oxygen atoms in total. The molecule has 2 aromatic rings. The minimum absolute atomic E-state index is 0.0115. The predicted molar refractivity (Wildman–Crippen MR) is 110 cm³/mol. The molecular formula is C21H25N3O5S. The molecule has 4 rings (SSSR count). The molecule has 0 atom stereocenters. The molecule has 160 valence electrons. The molecule has 1 aromatic carbocycles. The van der Waals surface area contributed by atoms with E-state index < -0.39 is 10.0 Å². The lowest BCUT2D eigenvalue weighted by Crippen LogP contribution is -2.40. The number of rotatable bonds is 7. The molecule has 2 fully saturated rings. The Bertz CT molecular complexity index is 1000. The number of ether oxygens (including phenoxy) is 2. The number of carbonyl (C=O) groups is 1. The molecule has 1 amide bonds. The van der Waals surface area contributed by atoms with E-state index in [1.54, 1.807) is 24.5 Å². The maximum absolute atomic E-state index is 13.3. The average molecular weight is 432 g/mol. The van der Waals surface area contributed by atoms with Gasteiger partial charge in [-0.3, -0.25) is 9.78 Å². The first-order valence-corrected chi connectivity index (χ1v) is 11.4. The summed E-state index contributed by atoms with van der Waals surface area (Å²) in [7, 11) is -2.37. The lowest BCUT2D eigenvalue weighted by Gasteiger charge is -2.27. The van der Waals surface area contributed by atoms with Crippen molar-refractivity contribution in [2.75, 3.05) is 33.4 Å². The Kier molecular flexibility index (Phi) is 6.03. The maximum atomic E-state index is 13.3. The largest absolute Gasteiger partial charge is 0.495 e. The topological polar surface area (TPSA) is 89.0 Å². The zero-order valence-electron chi connectivity index (χ0n) is 16.9. The van der Waals surface area contributed by atoms with Crippen molar-refractivity contribution < 1.29 is 22.7 Å². The van der Waals surface area contributed by atoms with Crippen molar-refractivity contribution in [2.45, 2.75) is 30.3 Å². The number of methoxy groups -OCH3 is 1.